The minimum Gasteiger partial charge on any atom is -0.447 e. The van der Waals surface area contributed by atoms with Gasteiger partial charge in [-0.1, -0.05) is 50.1 Å². The molecule has 0 radical (unpaired) electrons. The molecule has 0 aliphatic carbocycles. The van der Waals surface area contributed by atoms with Gasteiger partial charge in [-0.3, -0.25) is 0 Å². The number of carbonyl (C=O) groups is 1. The molecular formula is C16H25NO2. The third kappa shape index (κ3) is 6.27. The monoisotopic (exact) mass is 263 g/mol. The van der Waals surface area contributed by atoms with E-state index >= 15 is 0 Å². The number of unbranched alkanes of at least 4 members (excludes halogenated alkanes) is 2. The van der Waals surface area contributed by atoms with Gasteiger partial charge in [-0.05, 0) is 32.3 Å². The first-order chi connectivity index (χ1) is 9.13. The average molecular weight is 263 g/mol. The van der Waals surface area contributed by atoms with Crippen molar-refractivity contribution in [2.75, 3.05) is 0 Å². The van der Waals surface area contributed by atoms with E-state index < -0.39 is 0 Å². The zero-order valence-corrected chi connectivity index (χ0v) is 12.2. The molecule has 1 aromatic carbocycles. The molecule has 0 saturated carbocycles. The van der Waals surface area contributed by atoms with Gasteiger partial charge in [0.25, 0.3) is 0 Å². The molecule has 1 N–H and O–H groups in total. The van der Waals surface area contributed by atoms with Crippen molar-refractivity contribution in [2.24, 2.45) is 0 Å². The molecule has 2 unspecified atom stereocenters. The maximum Gasteiger partial charge on any atom is 0.407 e. The highest BCUT2D eigenvalue weighted by molar-refractivity contribution is 5.68. The summed E-state index contributed by atoms with van der Waals surface area (Å²) in [5, 5.41) is 2.86. The smallest absolute Gasteiger partial charge is 0.407 e. The number of alkyl carbamates (subject to hydrolysis) is 1. The van der Waals surface area contributed by atoms with E-state index in [0.717, 1.165) is 18.4 Å². The normalized spacial score (nSPS) is 13.6. The lowest BCUT2D eigenvalue weighted by atomic mass is 10.1. The third-order valence-corrected chi connectivity index (χ3v) is 3.16. The molecule has 3 nitrogen and oxygen atoms in total. The third-order valence-electron chi connectivity index (χ3n) is 3.16. The van der Waals surface area contributed by atoms with Crippen LogP contribution in [-0.2, 0) is 4.74 Å². The lowest BCUT2D eigenvalue weighted by molar-refractivity contribution is 0.0981. The Morgan fingerprint density at radius 2 is 1.89 bits per heavy atom. The molecule has 1 aromatic rings. The van der Waals surface area contributed by atoms with E-state index in [0.29, 0.717) is 0 Å². The number of amides is 1. The van der Waals surface area contributed by atoms with Crippen molar-refractivity contribution in [3.8, 4) is 0 Å². The van der Waals surface area contributed by atoms with Gasteiger partial charge in [0.2, 0.25) is 0 Å². The van der Waals surface area contributed by atoms with Crippen molar-refractivity contribution >= 4 is 6.09 Å². The Bertz CT molecular complexity index is 364. The average Bonchev–Trinajstić information content (AvgIpc) is 2.39. The Labute approximate surface area is 116 Å². The molecule has 0 bridgehead atoms. The fourth-order valence-corrected chi connectivity index (χ4v) is 1.96. The summed E-state index contributed by atoms with van der Waals surface area (Å²) in [7, 11) is 0. The van der Waals surface area contributed by atoms with Crippen LogP contribution in [0.1, 0.15) is 58.1 Å². The molecule has 0 heterocycles. The molecule has 3 heteroatoms. The maximum absolute atomic E-state index is 11.7. The summed E-state index contributed by atoms with van der Waals surface area (Å²) in [4.78, 5) is 11.7. The first-order valence-corrected chi connectivity index (χ1v) is 7.15. The van der Waals surface area contributed by atoms with Crippen LogP contribution >= 0.6 is 0 Å². The van der Waals surface area contributed by atoms with Gasteiger partial charge < -0.3 is 10.1 Å². The number of carbonyl (C=O) groups excluding carboxylic acids is 1. The number of nitrogens with one attached hydrogen (secondary N) is 1. The summed E-state index contributed by atoms with van der Waals surface area (Å²) in [6, 6.07) is 9.85. The molecule has 106 valence electrons. The van der Waals surface area contributed by atoms with Crippen LogP contribution in [0, 0.1) is 0 Å². The van der Waals surface area contributed by atoms with Crippen molar-refractivity contribution in [3.05, 3.63) is 35.9 Å². The van der Waals surface area contributed by atoms with Gasteiger partial charge in [-0.25, -0.2) is 4.79 Å². The van der Waals surface area contributed by atoms with Gasteiger partial charge in [0.05, 0.1) is 6.04 Å². The standard InChI is InChI=1S/C16H25NO2/c1-4-5-7-10-13(2)19-16(18)17-14(3)15-11-8-6-9-12-15/h6,8-9,11-14H,4-5,7,10H2,1-3H3,(H,17,18). The van der Waals surface area contributed by atoms with Gasteiger partial charge in [0.1, 0.15) is 6.10 Å². The first kappa shape index (κ1) is 15.5. The molecule has 0 aliphatic heterocycles. The lowest BCUT2D eigenvalue weighted by Crippen LogP contribution is -2.30. The van der Waals surface area contributed by atoms with Crippen LogP contribution < -0.4 is 5.32 Å². The Morgan fingerprint density at radius 1 is 1.21 bits per heavy atom. The second-order valence-electron chi connectivity index (χ2n) is 4.99. The second kappa shape index (κ2) is 8.57. The van der Waals surface area contributed by atoms with Crippen LogP contribution in [0.4, 0.5) is 4.79 Å². The zero-order valence-electron chi connectivity index (χ0n) is 12.2. The SMILES string of the molecule is CCCCCC(C)OC(=O)NC(C)c1ccccc1. The molecule has 0 aliphatic rings. The number of rotatable bonds is 7. The van der Waals surface area contributed by atoms with Gasteiger partial charge >= 0.3 is 6.09 Å². The minimum atomic E-state index is -0.333. The van der Waals surface area contributed by atoms with Crippen LogP contribution in [0.2, 0.25) is 0 Å². The number of ether oxygens (including phenoxy) is 1. The quantitative estimate of drug-likeness (QED) is 0.738. The zero-order chi connectivity index (χ0) is 14.1. The van der Waals surface area contributed by atoms with Crippen LogP contribution in [-0.4, -0.2) is 12.2 Å². The summed E-state index contributed by atoms with van der Waals surface area (Å²) in [6.07, 6.45) is 4.06. The van der Waals surface area contributed by atoms with Crippen LogP contribution in [0.3, 0.4) is 0 Å². The molecule has 19 heavy (non-hydrogen) atoms. The summed E-state index contributed by atoms with van der Waals surface area (Å²) < 4.78 is 5.34. The van der Waals surface area contributed by atoms with E-state index in [9.17, 15) is 4.79 Å². The predicted molar refractivity (Wildman–Crippen MR) is 78.1 cm³/mol. The fourth-order valence-electron chi connectivity index (χ4n) is 1.96. The maximum atomic E-state index is 11.7. The number of hydrogen-bond donors (Lipinski definition) is 1. The van der Waals surface area contributed by atoms with Crippen LogP contribution in [0.5, 0.6) is 0 Å². The van der Waals surface area contributed by atoms with Gasteiger partial charge in [-0.2, -0.15) is 0 Å². The Morgan fingerprint density at radius 3 is 2.53 bits per heavy atom. The van der Waals surface area contributed by atoms with Gasteiger partial charge in [0.15, 0.2) is 0 Å². The molecule has 1 amide bonds. The predicted octanol–water partition coefficient (Wildman–Crippen LogP) is 4.44. The summed E-state index contributed by atoms with van der Waals surface area (Å²) in [6.45, 7) is 6.07. The first-order valence-electron chi connectivity index (χ1n) is 7.15. The van der Waals surface area contributed by atoms with E-state index in [2.05, 4.69) is 12.2 Å². The van der Waals surface area contributed by atoms with E-state index in [1.54, 1.807) is 0 Å². The Balaban J connectivity index is 2.30. The van der Waals surface area contributed by atoms with Crippen molar-refractivity contribution in [1.29, 1.82) is 0 Å². The molecule has 0 aromatic heterocycles. The van der Waals surface area contributed by atoms with Crippen LogP contribution in [0.25, 0.3) is 0 Å². The highest BCUT2D eigenvalue weighted by Crippen LogP contribution is 2.12. The van der Waals surface area contributed by atoms with Crippen molar-refractivity contribution < 1.29 is 9.53 Å². The fraction of sp³-hybridized carbons (Fsp3) is 0.562. The van der Waals surface area contributed by atoms with E-state index in [-0.39, 0.29) is 18.2 Å². The van der Waals surface area contributed by atoms with E-state index in [4.69, 9.17) is 4.74 Å². The van der Waals surface area contributed by atoms with Crippen molar-refractivity contribution in [1.82, 2.24) is 5.32 Å². The van der Waals surface area contributed by atoms with Gasteiger partial charge in [0, 0.05) is 0 Å². The number of benzene rings is 1. The molecule has 0 fully saturated rings. The number of hydrogen-bond acceptors (Lipinski definition) is 2. The minimum absolute atomic E-state index is 0.0190. The summed E-state index contributed by atoms with van der Waals surface area (Å²) in [5.41, 5.74) is 1.08. The molecule has 2 atom stereocenters. The summed E-state index contributed by atoms with van der Waals surface area (Å²) in [5.74, 6) is 0. The Kier molecular flexibility index (Phi) is 7.01. The van der Waals surface area contributed by atoms with Crippen molar-refractivity contribution in [3.63, 3.8) is 0 Å². The van der Waals surface area contributed by atoms with Crippen molar-refractivity contribution in [2.45, 2.75) is 58.6 Å². The Hall–Kier alpha value is -1.51. The van der Waals surface area contributed by atoms with E-state index in [1.165, 1.54) is 12.8 Å². The topological polar surface area (TPSA) is 38.3 Å². The molecule has 0 saturated heterocycles. The molecule has 1 rings (SSSR count). The highest BCUT2D eigenvalue weighted by atomic mass is 16.6. The second-order valence-corrected chi connectivity index (χ2v) is 4.99. The molecule has 0 spiro atoms. The largest absolute Gasteiger partial charge is 0.447 e. The molecular weight excluding hydrogens is 238 g/mol. The summed E-state index contributed by atoms with van der Waals surface area (Å²) >= 11 is 0. The van der Waals surface area contributed by atoms with Crippen LogP contribution in [0.15, 0.2) is 30.3 Å². The van der Waals surface area contributed by atoms with Gasteiger partial charge in [-0.15, -0.1) is 0 Å². The van der Waals surface area contributed by atoms with E-state index in [1.807, 2.05) is 44.2 Å². The highest BCUT2D eigenvalue weighted by Gasteiger charge is 2.12. The lowest BCUT2D eigenvalue weighted by Gasteiger charge is -2.17.